The molecule has 1 aliphatic rings. The van der Waals surface area contributed by atoms with Crippen LogP contribution in [0.1, 0.15) is 25.0 Å². The zero-order chi connectivity index (χ0) is 17.8. The SMILES string of the molecule is N#C/C(=C/c1ccc(-c2cc(Cl)ccc2Cl)o1)C(=O)N1CCCCC1. The van der Waals surface area contributed by atoms with Crippen molar-refractivity contribution in [2.75, 3.05) is 13.1 Å². The highest BCUT2D eigenvalue weighted by atomic mass is 35.5. The first-order valence-electron chi connectivity index (χ1n) is 8.05. The normalized spacial score (nSPS) is 15.1. The third-order valence-electron chi connectivity index (χ3n) is 4.10. The molecule has 0 atom stereocenters. The van der Waals surface area contributed by atoms with E-state index in [2.05, 4.69) is 0 Å². The molecule has 1 saturated heterocycles. The molecule has 0 bridgehead atoms. The van der Waals surface area contributed by atoms with Gasteiger partial charge in [0.1, 0.15) is 23.2 Å². The Labute approximate surface area is 156 Å². The van der Waals surface area contributed by atoms with E-state index in [-0.39, 0.29) is 11.5 Å². The Bertz CT molecular complexity index is 859. The van der Waals surface area contributed by atoms with Gasteiger partial charge in [0, 0.05) is 29.8 Å². The highest BCUT2D eigenvalue weighted by Crippen LogP contribution is 2.32. The van der Waals surface area contributed by atoms with Gasteiger partial charge in [0.2, 0.25) is 0 Å². The van der Waals surface area contributed by atoms with Gasteiger partial charge in [-0.05, 0) is 49.6 Å². The van der Waals surface area contributed by atoms with Crippen LogP contribution in [0.2, 0.25) is 10.0 Å². The van der Waals surface area contributed by atoms with E-state index in [1.54, 1.807) is 35.2 Å². The van der Waals surface area contributed by atoms with E-state index < -0.39 is 0 Å². The zero-order valence-electron chi connectivity index (χ0n) is 13.5. The number of benzene rings is 1. The Morgan fingerprint density at radius 1 is 1.16 bits per heavy atom. The Morgan fingerprint density at radius 2 is 1.92 bits per heavy atom. The number of amides is 1. The Balaban J connectivity index is 1.85. The molecule has 1 aliphatic heterocycles. The van der Waals surface area contributed by atoms with Crippen LogP contribution in [0.3, 0.4) is 0 Å². The maximum atomic E-state index is 12.5. The molecule has 4 nitrogen and oxygen atoms in total. The van der Waals surface area contributed by atoms with Crippen LogP contribution in [0.15, 0.2) is 40.3 Å². The summed E-state index contributed by atoms with van der Waals surface area (Å²) in [7, 11) is 0. The summed E-state index contributed by atoms with van der Waals surface area (Å²) in [4.78, 5) is 14.2. The predicted molar refractivity (Wildman–Crippen MR) is 98.2 cm³/mol. The Hall–Kier alpha value is -2.22. The molecule has 128 valence electrons. The van der Waals surface area contributed by atoms with Gasteiger partial charge in [-0.25, -0.2) is 0 Å². The lowest BCUT2D eigenvalue weighted by Gasteiger charge is -2.26. The van der Waals surface area contributed by atoms with Crippen molar-refractivity contribution in [3.05, 3.63) is 51.7 Å². The molecule has 0 N–H and O–H groups in total. The van der Waals surface area contributed by atoms with E-state index in [0.29, 0.717) is 40.2 Å². The van der Waals surface area contributed by atoms with Crippen LogP contribution in [0.25, 0.3) is 17.4 Å². The van der Waals surface area contributed by atoms with Crippen molar-refractivity contribution in [1.29, 1.82) is 5.26 Å². The van der Waals surface area contributed by atoms with Crippen LogP contribution < -0.4 is 0 Å². The largest absolute Gasteiger partial charge is 0.457 e. The van der Waals surface area contributed by atoms with E-state index in [0.717, 1.165) is 19.3 Å². The molecule has 0 radical (unpaired) electrons. The number of furan rings is 1. The maximum absolute atomic E-state index is 12.5. The molecular formula is C19H16Cl2N2O2. The number of halogens is 2. The number of hydrogen-bond donors (Lipinski definition) is 0. The van der Waals surface area contributed by atoms with Gasteiger partial charge < -0.3 is 9.32 Å². The van der Waals surface area contributed by atoms with E-state index >= 15 is 0 Å². The summed E-state index contributed by atoms with van der Waals surface area (Å²) in [5.41, 5.74) is 0.731. The fraction of sp³-hybridized carbons (Fsp3) is 0.263. The van der Waals surface area contributed by atoms with Gasteiger partial charge in [-0.3, -0.25) is 4.79 Å². The Kier molecular flexibility index (Phi) is 5.47. The quantitative estimate of drug-likeness (QED) is 0.549. The summed E-state index contributed by atoms with van der Waals surface area (Å²) in [6.07, 6.45) is 4.54. The lowest BCUT2D eigenvalue weighted by atomic mass is 10.1. The number of nitriles is 1. The van der Waals surface area contributed by atoms with Crippen LogP contribution >= 0.6 is 23.2 Å². The van der Waals surface area contributed by atoms with Crippen molar-refractivity contribution in [3.63, 3.8) is 0 Å². The molecule has 1 fully saturated rings. The molecule has 0 spiro atoms. The topological polar surface area (TPSA) is 57.2 Å². The molecule has 1 aromatic carbocycles. The molecule has 3 rings (SSSR count). The summed E-state index contributed by atoms with van der Waals surface area (Å²) in [5.74, 6) is 0.704. The van der Waals surface area contributed by atoms with Gasteiger partial charge in [-0.1, -0.05) is 23.2 Å². The average Bonchev–Trinajstić information content (AvgIpc) is 3.10. The number of rotatable bonds is 3. The van der Waals surface area contributed by atoms with Gasteiger partial charge in [-0.15, -0.1) is 0 Å². The molecule has 6 heteroatoms. The maximum Gasteiger partial charge on any atom is 0.264 e. The van der Waals surface area contributed by atoms with E-state index in [4.69, 9.17) is 27.6 Å². The minimum absolute atomic E-state index is 0.0694. The smallest absolute Gasteiger partial charge is 0.264 e. The highest BCUT2D eigenvalue weighted by Gasteiger charge is 2.20. The molecule has 2 heterocycles. The molecule has 1 amide bonds. The van der Waals surface area contributed by atoms with Crippen molar-refractivity contribution in [2.24, 2.45) is 0 Å². The van der Waals surface area contributed by atoms with Crippen LogP contribution in [0.4, 0.5) is 0 Å². The summed E-state index contributed by atoms with van der Waals surface area (Å²) in [6.45, 7) is 1.39. The molecule has 2 aromatic rings. The van der Waals surface area contributed by atoms with Crippen molar-refractivity contribution in [3.8, 4) is 17.4 Å². The second-order valence-electron chi connectivity index (χ2n) is 5.85. The van der Waals surface area contributed by atoms with Crippen LogP contribution in [-0.4, -0.2) is 23.9 Å². The minimum atomic E-state index is -0.249. The molecule has 25 heavy (non-hydrogen) atoms. The fourth-order valence-electron chi connectivity index (χ4n) is 2.81. The monoisotopic (exact) mass is 374 g/mol. The number of hydrogen-bond acceptors (Lipinski definition) is 3. The van der Waals surface area contributed by atoms with Gasteiger partial charge in [0.05, 0.1) is 5.02 Å². The summed E-state index contributed by atoms with van der Waals surface area (Å²) in [6, 6.07) is 10.5. The van der Waals surface area contributed by atoms with E-state index in [1.165, 1.54) is 6.08 Å². The second kappa shape index (κ2) is 7.77. The highest BCUT2D eigenvalue weighted by molar-refractivity contribution is 6.35. The summed E-state index contributed by atoms with van der Waals surface area (Å²) >= 11 is 12.2. The van der Waals surface area contributed by atoms with Gasteiger partial charge in [0.15, 0.2) is 0 Å². The van der Waals surface area contributed by atoms with Crippen LogP contribution in [-0.2, 0) is 4.79 Å². The van der Waals surface area contributed by atoms with Crippen LogP contribution in [0.5, 0.6) is 0 Å². The Morgan fingerprint density at radius 3 is 2.64 bits per heavy atom. The van der Waals surface area contributed by atoms with Crippen molar-refractivity contribution in [1.82, 2.24) is 4.90 Å². The lowest BCUT2D eigenvalue weighted by molar-refractivity contribution is -0.127. The summed E-state index contributed by atoms with van der Waals surface area (Å²) < 4.78 is 5.73. The van der Waals surface area contributed by atoms with Gasteiger partial charge in [0.25, 0.3) is 5.91 Å². The molecular weight excluding hydrogens is 359 g/mol. The number of carbonyl (C=O) groups is 1. The van der Waals surface area contributed by atoms with Crippen LogP contribution in [0, 0.1) is 11.3 Å². The van der Waals surface area contributed by atoms with Crippen molar-refractivity contribution in [2.45, 2.75) is 19.3 Å². The van der Waals surface area contributed by atoms with E-state index in [1.807, 2.05) is 6.07 Å². The number of nitrogens with zero attached hydrogens (tertiary/aromatic N) is 2. The van der Waals surface area contributed by atoms with Gasteiger partial charge >= 0.3 is 0 Å². The molecule has 0 saturated carbocycles. The first-order valence-corrected chi connectivity index (χ1v) is 8.80. The first-order chi connectivity index (χ1) is 12.1. The summed E-state index contributed by atoms with van der Waals surface area (Å²) in [5, 5.41) is 10.4. The third-order valence-corrected chi connectivity index (χ3v) is 4.67. The van der Waals surface area contributed by atoms with Crippen molar-refractivity contribution >= 4 is 35.2 Å². The number of carbonyl (C=O) groups excluding carboxylic acids is 1. The lowest BCUT2D eigenvalue weighted by Crippen LogP contribution is -2.36. The van der Waals surface area contributed by atoms with Crippen molar-refractivity contribution < 1.29 is 9.21 Å². The number of piperidine rings is 1. The zero-order valence-corrected chi connectivity index (χ0v) is 15.0. The molecule has 0 unspecified atom stereocenters. The number of likely N-dealkylation sites (tertiary alicyclic amines) is 1. The van der Waals surface area contributed by atoms with Gasteiger partial charge in [-0.2, -0.15) is 5.26 Å². The predicted octanol–water partition coefficient (Wildman–Crippen LogP) is 5.17. The average molecular weight is 375 g/mol. The standard InChI is InChI=1S/C19H16Cl2N2O2/c20-14-4-6-17(21)16(11-14)18-7-5-15(25-18)10-13(12-22)19(24)23-8-2-1-3-9-23/h4-7,10-11H,1-3,8-9H2/b13-10-. The molecule has 1 aromatic heterocycles. The first kappa shape index (κ1) is 17.6. The minimum Gasteiger partial charge on any atom is -0.457 e. The van der Waals surface area contributed by atoms with E-state index in [9.17, 15) is 10.1 Å². The second-order valence-corrected chi connectivity index (χ2v) is 6.69. The third kappa shape index (κ3) is 4.07. The fourth-order valence-corrected chi connectivity index (χ4v) is 3.20. The molecule has 0 aliphatic carbocycles.